The highest BCUT2D eigenvalue weighted by Gasteiger charge is 2.41. The number of carbonyl (C=O) groups is 2. The van der Waals surface area contributed by atoms with Crippen LogP contribution in [0, 0.1) is 5.41 Å². The molecule has 1 aliphatic heterocycles. The van der Waals surface area contributed by atoms with Gasteiger partial charge in [0.2, 0.25) is 0 Å². The number of piperidine rings is 1. The van der Waals surface area contributed by atoms with Crippen molar-refractivity contribution in [2.24, 2.45) is 5.41 Å². The number of nitrogens with zero attached hydrogens (tertiary/aromatic N) is 1. The monoisotopic (exact) mass is 311 g/mol. The molecule has 6 heteroatoms. The maximum absolute atomic E-state index is 12.4. The van der Waals surface area contributed by atoms with Crippen LogP contribution in [0.3, 0.4) is 0 Å². The summed E-state index contributed by atoms with van der Waals surface area (Å²) in [6.07, 6.45) is 1.42. The molecule has 5 nitrogen and oxygen atoms in total. The minimum Gasteiger partial charge on any atom is -0.508 e. The van der Waals surface area contributed by atoms with Crippen LogP contribution in [0.15, 0.2) is 18.2 Å². The second kappa shape index (κ2) is 5.93. The Kier molecular flexibility index (Phi) is 4.42. The van der Waals surface area contributed by atoms with E-state index in [1.807, 2.05) is 6.92 Å². The zero-order valence-electron chi connectivity index (χ0n) is 11.8. The number of hydrogen-bond donors (Lipinski definition) is 2. The van der Waals surface area contributed by atoms with Gasteiger partial charge in [-0.1, -0.05) is 18.5 Å². The zero-order chi connectivity index (χ0) is 15.6. The van der Waals surface area contributed by atoms with Gasteiger partial charge in [-0.3, -0.25) is 9.59 Å². The molecule has 0 aliphatic carbocycles. The molecule has 0 aromatic heterocycles. The first-order valence-electron chi connectivity index (χ1n) is 6.91. The van der Waals surface area contributed by atoms with Crippen molar-refractivity contribution >= 4 is 23.5 Å². The van der Waals surface area contributed by atoms with Gasteiger partial charge < -0.3 is 15.1 Å². The van der Waals surface area contributed by atoms with Gasteiger partial charge in [-0.25, -0.2) is 0 Å². The number of carbonyl (C=O) groups excluding carboxylic acids is 1. The molecule has 0 unspecified atom stereocenters. The molecule has 0 atom stereocenters. The van der Waals surface area contributed by atoms with Crippen LogP contribution >= 0.6 is 11.6 Å². The largest absolute Gasteiger partial charge is 0.508 e. The second-order valence-corrected chi connectivity index (χ2v) is 5.80. The van der Waals surface area contributed by atoms with E-state index in [0.29, 0.717) is 32.4 Å². The second-order valence-electron chi connectivity index (χ2n) is 5.40. The maximum Gasteiger partial charge on any atom is 0.309 e. The van der Waals surface area contributed by atoms with Crippen molar-refractivity contribution in [1.82, 2.24) is 4.90 Å². The summed E-state index contributed by atoms with van der Waals surface area (Å²) < 4.78 is 0. The molecule has 1 aromatic rings. The van der Waals surface area contributed by atoms with Crippen molar-refractivity contribution in [2.45, 2.75) is 26.2 Å². The van der Waals surface area contributed by atoms with E-state index in [1.165, 1.54) is 18.2 Å². The predicted molar refractivity (Wildman–Crippen MR) is 78.6 cm³/mol. The SMILES string of the molecule is CCC1(C(=O)O)CCN(C(=O)c2cc(O)ccc2Cl)CC1. The van der Waals surface area contributed by atoms with Crippen LogP contribution in [0.25, 0.3) is 0 Å². The number of likely N-dealkylation sites (tertiary alicyclic amines) is 1. The molecule has 1 aliphatic rings. The fourth-order valence-electron chi connectivity index (χ4n) is 2.70. The van der Waals surface area contributed by atoms with E-state index in [0.717, 1.165) is 0 Å². The lowest BCUT2D eigenvalue weighted by Crippen LogP contribution is -2.46. The Balaban J connectivity index is 2.13. The van der Waals surface area contributed by atoms with Crippen LogP contribution in [-0.4, -0.2) is 40.1 Å². The molecular weight excluding hydrogens is 294 g/mol. The number of hydrogen-bond acceptors (Lipinski definition) is 3. The van der Waals surface area contributed by atoms with E-state index in [-0.39, 0.29) is 22.2 Å². The van der Waals surface area contributed by atoms with Crippen LogP contribution in [0.2, 0.25) is 5.02 Å². The molecule has 114 valence electrons. The normalized spacial score (nSPS) is 17.5. The van der Waals surface area contributed by atoms with Gasteiger partial charge in [-0.2, -0.15) is 0 Å². The Bertz CT molecular complexity index is 565. The van der Waals surface area contributed by atoms with Crippen molar-refractivity contribution in [3.63, 3.8) is 0 Å². The lowest BCUT2D eigenvalue weighted by atomic mass is 9.76. The molecule has 0 spiro atoms. The maximum atomic E-state index is 12.4. The molecule has 1 heterocycles. The Labute approximate surface area is 128 Å². The quantitative estimate of drug-likeness (QED) is 0.899. The Morgan fingerprint density at radius 1 is 1.33 bits per heavy atom. The lowest BCUT2D eigenvalue weighted by Gasteiger charge is -2.38. The Hall–Kier alpha value is -1.75. The summed E-state index contributed by atoms with van der Waals surface area (Å²) in [5.41, 5.74) is -0.490. The summed E-state index contributed by atoms with van der Waals surface area (Å²) in [6, 6.07) is 4.23. The van der Waals surface area contributed by atoms with Crippen molar-refractivity contribution in [3.05, 3.63) is 28.8 Å². The molecule has 1 fully saturated rings. The topological polar surface area (TPSA) is 77.8 Å². The van der Waals surface area contributed by atoms with Crippen molar-refractivity contribution in [2.75, 3.05) is 13.1 Å². The van der Waals surface area contributed by atoms with Gasteiger partial charge in [0.05, 0.1) is 16.0 Å². The first-order chi connectivity index (χ1) is 9.89. The van der Waals surface area contributed by atoms with Gasteiger partial charge >= 0.3 is 5.97 Å². The number of halogens is 1. The van der Waals surface area contributed by atoms with Crippen LogP contribution in [-0.2, 0) is 4.79 Å². The number of phenolic OH excluding ortho intramolecular Hbond substituents is 1. The third-order valence-electron chi connectivity index (χ3n) is 4.32. The van der Waals surface area contributed by atoms with Gasteiger partial charge in [-0.15, -0.1) is 0 Å². The number of amides is 1. The average Bonchev–Trinajstić information content (AvgIpc) is 2.49. The summed E-state index contributed by atoms with van der Waals surface area (Å²) >= 11 is 5.99. The summed E-state index contributed by atoms with van der Waals surface area (Å²) in [4.78, 5) is 25.4. The third kappa shape index (κ3) is 2.97. The van der Waals surface area contributed by atoms with E-state index in [9.17, 15) is 19.8 Å². The fraction of sp³-hybridized carbons (Fsp3) is 0.467. The molecule has 1 aromatic carbocycles. The van der Waals surface area contributed by atoms with E-state index in [4.69, 9.17) is 11.6 Å². The van der Waals surface area contributed by atoms with E-state index < -0.39 is 11.4 Å². The number of benzene rings is 1. The van der Waals surface area contributed by atoms with Gasteiger partial charge in [-0.05, 0) is 37.5 Å². The van der Waals surface area contributed by atoms with Crippen molar-refractivity contribution < 1.29 is 19.8 Å². The van der Waals surface area contributed by atoms with Crippen molar-refractivity contribution in [3.8, 4) is 5.75 Å². The highest BCUT2D eigenvalue weighted by molar-refractivity contribution is 6.33. The number of carboxylic acid groups (broad SMARTS) is 1. The summed E-state index contributed by atoms with van der Waals surface area (Å²) in [5, 5.41) is 19.1. The average molecular weight is 312 g/mol. The molecule has 0 radical (unpaired) electrons. The Morgan fingerprint density at radius 3 is 2.48 bits per heavy atom. The van der Waals surface area contributed by atoms with Gasteiger partial charge in [0, 0.05) is 13.1 Å². The smallest absolute Gasteiger partial charge is 0.309 e. The van der Waals surface area contributed by atoms with E-state index in [2.05, 4.69) is 0 Å². The van der Waals surface area contributed by atoms with Gasteiger partial charge in [0.25, 0.3) is 5.91 Å². The van der Waals surface area contributed by atoms with E-state index in [1.54, 1.807) is 4.90 Å². The minimum atomic E-state index is -0.799. The minimum absolute atomic E-state index is 0.0202. The van der Waals surface area contributed by atoms with Gasteiger partial charge in [0.15, 0.2) is 0 Å². The molecule has 1 amide bonds. The number of rotatable bonds is 3. The Morgan fingerprint density at radius 2 is 1.95 bits per heavy atom. The highest BCUT2D eigenvalue weighted by atomic mass is 35.5. The number of carboxylic acids is 1. The van der Waals surface area contributed by atoms with Crippen LogP contribution in [0.5, 0.6) is 5.75 Å². The molecular formula is C15H18ClNO4. The predicted octanol–water partition coefficient (Wildman–Crippen LogP) is 2.76. The lowest BCUT2D eigenvalue weighted by molar-refractivity contribution is -0.152. The van der Waals surface area contributed by atoms with Crippen molar-refractivity contribution in [1.29, 1.82) is 0 Å². The number of phenols is 1. The van der Waals surface area contributed by atoms with Gasteiger partial charge in [0.1, 0.15) is 5.75 Å². The van der Waals surface area contributed by atoms with Crippen LogP contribution in [0.4, 0.5) is 0 Å². The molecule has 0 bridgehead atoms. The number of aliphatic carboxylic acids is 1. The van der Waals surface area contributed by atoms with Crippen LogP contribution < -0.4 is 0 Å². The highest BCUT2D eigenvalue weighted by Crippen LogP contribution is 2.36. The zero-order valence-corrected chi connectivity index (χ0v) is 12.6. The molecule has 2 rings (SSSR count). The molecule has 21 heavy (non-hydrogen) atoms. The third-order valence-corrected chi connectivity index (χ3v) is 4.65. The molecule has 0 saturated carbocycles. The standard InChI is InChI=1S/C15H18ClNO4/c1-2-15(14(20)21)5-7-17(8-6-15)13(19)11-9-10(18)3-4-12(11)16/h3-4,9,18H,2,5-8H2,1H3,(H,20,21). The molecule has 2 N–H and O–H groups in total. The summed E-state index contributed by atoms with van der Waals surface area (Å²) in [5.74, 6) is -1.09. The first kappa shape index (κ1) is 15.6. The number of aromatic hydroxyl groups is 1. The van der Waals surface area contributed by atoms with E-state index >= 15 is 0 Å². The summed E-state index contributed by atoms with van der Waals surface area (Å²) in [6.45, 7) is 2.62. The fourth-order valence-corrected chi connectivity index (χ4v) is 2.90. The molecule has 1 saturated heterocycles. The first-order valence-corrected chi connectivity index (χ1v) is 7.28. The summed E-state index contributed by atoms with van der Waals surface area (Å²) in [7, 11) is 0. The van der Waals surface area contributed by atoms with Crippen LogP contribution in [0.1, 0.15) is 36.5 Å².